The molecule has 1 aromatic heterocycles. The second-order valence-electron chi connectivity index (χ2n) is 4.59. The number of anilines is 1. The van der Waals surface area contributed by atoms with Gasteiger partial charge < -0.3 is 5.32 Å². The molecule has 0 radical (unpaired) electrons. The highest BCUT2D eigenvalue weighted by Crippen LogP contribution is 2.33. The van der Waals surface area contributed by atoms with Crippen molar-refractivity contribution in [2.75, 3.05) is 11.9 Å². The zero-order valence-corrected chi connectivity index (χ0v) is 10.6. The number of nitrogens with one attached hydrogen (secondary N) is 1. The average Bonchev–Trinajstić information content (AvgIpc) is 2.59. The number of nitrogens with zero attached hydrogens (tertiary/aromatic N) is 2. The molecule has 0 unspecified atom stereocenters. The normalized spacial score (nSPS) is 13.4. The van der Waals surface area contributed by atoms with Crippen LogP contribution in [0.4, 0.5) is 5.82 Å². The van der Waals surface area contributed by atoms with Crippen molar-refractivity contribution in [2.24, 2.45) is 0 Å². The van der Waals surface area contributed by atoms with Crippen LogP contribution in [0.1, 0.15) is 24.5 Å². The molecule has 0 spiro atoms. The maximum absolute atomic E-state index is 4.51. The minimum atomic E-state index is 0.894. The first-order chi connectivity index (χ1) is 8.90. The number of fused-ring (bicyclic) bond motifs is 3. The lowest BCUT2D eigenvalue weighted by Crippen LogP contribution is -2.05. The number of aromatic nitrogens is 2. The molecule has 1 aliphatic carbocycles. The standard InChI is InChI=1S/C15H17N3/c1-2-16-15-13-9-5-7-11-6-3-4-8-12(11)14(13)17-10-18-15/h3-4,6,8,10H,2,5,7,9H2,1H3,(H,16,17,18). The van der Waals surface area contributed by atoms with Gasteiger partial charge in [-0.25, -0.2) is 9.97 Å². The summed E-state index contributed by atoms with van der Waals surface area (Å²) in [6.07, 6.45) is 5.00. The smallest absolute Gasteiger partial charge is 0.133 e. The van der Waals surface area contributed by atoms with Crippen LogP contribution < -0.4 is 5.32 Å². The molecular weight excluding hydrogens is 222 g/mol. The molecule has 1 aromatic carbocycles. The predicted octanol–water partition coefficient (Wildman–Crippen LogP) is 3.06. The second-order valence-corrected chi connectivity index (χ2v) is 4.59. The highest BCUT2D eigenvalue weighted by Gasteiger charge is 2.18. The molecule has 1 heterocycles. The molecule has 0 aliphatic heterocycles. The summed E-state index contributed by atoms with van der Waals surface area (Å²) in [5, 5.41) is 3.34. The van der Waals surface area contributed by atoms with Gasteiger partial charge in [-0.3, -0.25) is 0 Å². The minimum absolute atomic E-state index is 0.894. The Hall–Kier alpha value is -1.90. The lowest BCUT2D eigenvalue weighted by Gasteiger charge is -2.12. The first kappa shape index (κ1) is 11.2. The topological polar surface area (TPSA) is 37.8 Å². The van der Waals surface area contributed by atoms with Gasteiger partial charge >= 0.3 is 0 Å². The van der Waals surface area contributed by atoms with Crippen LogP contribution in [-0.2, 0) is 12.8 Å². The van der Waals surface area contributed by atoms with Crippen molar-refractivity contribution in [1.82, 2.24) is 9.97 Å². The van der Waals surface area contributed by atoms with Crippen molar-refractivity contribution < 1.29 is 0 Å². The summed E-state index contributed by atoms with van der Waals surface area (Å²) in [5.41, 5.74) is 5.04. The van der Waals surface area contributed by atoms with E-state index in [2.05, 4.69) is 46.5 Å². The van der Waals surface area contributed by atoms with Gasteiger partial charge in [0, 0.05) is 17.7 Å². The van der Waals surface area contributed by atoms with Crippen LogP contribution in [-0.4, -0.2) is 16.5 Å². The summed E-state index contributed by atoms with van der Waals surface area (Å²) >= 11 is 0. The Morgan fingerprint density at radius 3 is 2.94 bits per heavy atom. The maximum atomic E-state index is 4.51. The molecule has 3 heteroatoms. The third kappa shape index (κ3) is 1.86. The van der Waals surface area contributed by atoms with E-state index < -0.39 is 0 Å². The monoisotopic (exact) mass is 239 g/mol. The van der Waals surface area contributed by atoms with Crippen molar-refractivity contribution in [1.29, 1.82) is 0 Å². The van der Waals surface area contributed by atoms with E-state index in [1.807, 2.05) is 0 Å². The van der Waals surface area contributed by atoms with Gasteiger partial charge in [-0.05, 0) is 31.7 Å². The molecule has 0 amide bonds. The zero-order chi connectivity index (χ0) is 12.4. The maximum Gasteiger partial charge on any atom is 0.133 e. The zero-order valence-electron chi connectivity index (χ0n) is 10.6. The number of hydrogen-bond acceptors (Lipinski definition) is 3. The van der Waals surface area contributed by atoms with Gasteiger partial charge in [0.05, 0.1) is 5.69 Å². The van der Waals surface area contributed by atoms with E-state index in [-0.39, 0.29) is 0 Å². The van der Waals surface area contributed by atoms with E-state index in [1.54, 1.807) is 6.33 Å². The number of aryl methyl sites for hydroxylation is 1. The third-order valence-corrected chi connectivity index (χ3v) is 3.43. The van der Waals surface area contributed by atoms with E-state index in [9.17, 15) is 0 Å². The Labute approximate surface area is 107 Å². The lowest BCUT2D eigenvalue weighted by molar-refractivity contribution is 0.829. The molecule has 1 aliphatic rings. The summed E-state index contributed by atoms with van der Waals surface area (Å²) in [4.78, 5) is 8.89. The first-order valence-electron chi connectivity index (χ1n) is 6.56. The molecule has 3 nitrogen and oxygen atoms in total. The fourth-order valence-electron chi connectivity index (χ4n) is 2.63. The first-order valence-corrected chi connectivity index (χ1v) is 6.56. The molecular formula is C15H17N3. The van der Waals surface area contributed by atoms with Gasteiger partial charge in [0.2, 0.25) is 0 Å². The van der Waals surface area contributed by atoms with Crippen LogP contribution in [0.3, 0.4) is 0 Å². The molecule has 0 atom stereocenters. The van der Waals surface area contributed by atoms with Crippen LogP contribution in [0.25, 0.3) is 11.3 Å². The Kier molecular flexibility index (Phi) is 2.97. The van der Waals surface area contributed by atoms with E-state index in [1.165, 1.54) is 16.7 Å². The van der Waals surface area contributed by atoms with Crippen LogP contribution in [0, 0.1) is 0 Å². The number of rotatable bonds is 2. The van der Waals surface area contributed by atoms with Crippen molar-refractivity contribution in [3.8, 4) is 11.3 Å². The molecule has 0 fully saturated rings. The molecule has 92 valence electrons. The fourth-order valence-corrected chi connectivity index (χ4v) is 2.63. The largest absolute Gasteiger partial charge is 0.370 e. The van der Waals surface area contributed by atoms with Gasteiger partial charge in [-0.15, -0.1) is 0 Å². The highest BCUT2D eigenvalue weighted by atomic mass is 15.0. The summed E-state index contributed by atoms with van der Waals surface area (Å²) in [6, 6.07) is 8.57. The second kappa shape index (κ2) is 4.77. The average molecular weight is 239 g/mol. The molecule has 0 saturated carbocycles. The van der Waals surface area contributed by atoms with Gasteiger partial charge in [0.1, 0.15) is 12.1 Å². The van der Waals surface area contributed by atoms with Crippen molar-refractivity contribution in [3.05, 3.63) is 41.7 Å². The number of benzene rings is 1. The van der Waals surface area contributed by atoms with Crippen molar-refractivity contribution in [3.63, 3.8) is 0 Å². The van der Waals surface area contributed by atoms with Gasteiger partial charge in [0.15, 0.2) is 0 Å². The van der Waals surface area contributed by atoms with E-state index in [0.29, 0.717) is 0 Å². The molecule has 0 bridgehead atoms. The van der Waals surface area contributed by atoms with E-state index >= 15 is 0 Å². The Morgan fingerprint density at radius 2 is 2.06 bits per heavy atom. The number of hydrogen-bond donors (Lipinski definition) is 1. The third-order valence-electron chi connectivity index (χ3n) is 3.43. The molecule has 18 heavy (non-hydrogen) atoms. The summed E-state index contributed by atoms with van der Waals surface area (Å²) in [6.45, 7) is 2.99. The van der Waals surface area contributed by atoms with Crippen LogP contribution >= 0.6 is 0 Å². The summed E-state index contributed by atoms with van der Waals surface area (Å²) in [5.74, 6) is 0.999. The summed E-state index contributed by atoms with van der Waals surface area (Å²) < 4.78 is 0. The highest BCUT2D eigenvalue weighted by molar-refractivity contribution is 5.72. The van der Waals surface area contributed by atoms with Gasteiger partial charge in [-0.2, -0.15) is 0 Å². The molecule has 3 rings (SSSR count). The van der Waals surface area contributed by atoms with Crippen LogP contribution in [0.5, 0.6) is 0 Å². The Morgan fingerprint density at radius 1 is 1.17 bits per heavy atom. The van der Waals surface area contributed by atoms with Crippen LogP contribution in [0.2, 0.25) is 0 Å². The van der Waals surface area contributed by atoms with Crippen molar-refractivity contribution >= 4 is 5.82 Å². The van der Waals surface area contributed by atoms with Gasteiger partial charge in [0.25, 0.3) is 0 Å². The Balaban J connectivity index is 2.18. The SMILES string of the molecule is CCNc1ncnc2c1CCCc1ccccc1-2. The van der Waals surface area contributed by atoms with E-state index in [4.69, 9.17) is 0 Å². The molecule has 2 aromatic rings. The molecule has 1 N–H and O–H groups in total. The quantitative estimate of drug-likeness (QED) is 0.875. The predicted molar refractivity (Wildman–Crippen MR) is 73.7 cm³/mol. The minimum Gasteiger partial charge on any atom is -0.370 e. The molecule has 0 saturated heterocycles. The lowest BCUT2D eigenvalue weighted by atomic mass is 10.0. The van der Waals surface area contributed by atoms with Crippen LogP contribution in [0.15, 0.2) is 30.6 Å². The van der Waals surface area contributed by atoms with Gasteiger partial charge in [-0.1, -0.05) is 24.3 Å². The Bertz CT molecular complexity index is 563. The van der Waals surface area contributed by atoms with Crippen molar-refractivity contribution in [2.45, 2.75) is 26.2 Å². The van der Waals surface area contributed by atoms with E-state index in [0.717, 1.165) is 37.3 Å². The summed E-state index contributed by atoms with van der Waals surface area (Å²) in [7, 11) is 0. The fraction of sp³-hybridized carbons (Fsp3) is 0.333.